The van der Waals surface area contributed by atoms with Gasteiger partial charge in [-0.1, -0.05) is 36.4 Å². The molecule has 0 radical (unpaired) electrons. The molecule has 0 aromatic heterocycles. The number of hydrogen-bond acceptors (Lipinski definition) is 17. The van der Waals surface area contributed by atoms with Crippen LogP contribution < -0.4 is 4.74 Å². The fraction of sp³-hybridized carbons (Fsp3) is 0.435. The van der Waals surface area contributed by atoms with E-state index in [1.807, 2.05) is 17.0 Å². The molecule has 0 spiro atoms. The molecule has 19 heteroatoms. The molecule has 4 N–H and O–H groups in total. The summed E-state index contributed by atoms with van der Waals surface area (Å²) in [5.41, 5.74) is -2.18. The fourth-order valence-electron chi connectivity index (χ4n) is 10.0. The zero-order valence-electron chi connectivity index (χ0n) is 35.6. The van der Waals surface area contributed by atoms with E-state index in [1.165, 1.54) is 54.4 Å². The highest BCUT2D eigenvalue weighted by molar-refractivity contribution is 6.31. The smallest absolute Gasteiger partial charge is 0.412 e. The van der Waals surface area contributed by atoms with Crippen LogP contribution in [0.5, 0.6) is 17.2 Å². The largest absolute Gasteiger partial charge is 0.507 e. The van der Waals surface area contributed by atoms with Gasteiger partial charge in [-0.2, -0.15) is 0 Å². The van der Waals surface area contributed by atoms with E-state index in [0.717, 1.165) is 11.1 Å². The number of benzene rings is 3. The molecule has 4 heterocycles. The molecule has 2 aliphatic carbocycles. The molecule has 9 rings (SSSR count). The van der Waals surface area contributed by atoms with E-state index in [2.05, 4.69) is 0 Å². The number of methoxy groups -OCH3 is 2. The lowest BCUT2D eigenvalue weighted by Gasteiger charge is -2.45. The third-order valence-corrected chi connectivity index (χ3v) is 13.3. The molecule has 6 aliphatic rings. The van der Waals surface area contributed by atoms with Crippen molar-refractivity contribution in [3.8, 4) is 17.2 Å². The third-order valence-electron chi connectivity index (χ3n) is 13.3. The molecule has 3 saturated heterocycles. The Kier molecular flexibility index (Phi) is 11.6. The van der Waals surface area contributed by atoms with E-state index in [0.29, 0.717) is 13.0 Å². The van der Waals surface area contributed by atoms with Crippen molar-refractivity contribution < 1.29 is 77.6 Å². The number of Topliss-reactive ketones (excluding diaryl/α,β-unsaturated/α-hetero) is 1. The third kappa shape index (κ3) is 7.46. The van der Waals surface area contributed by atoms with Crippen molar-refractivity contribution in [1.82, 2.24) is 14.7 Å². The van der Waals surface area contributed by atoms with Gasteiger partial charge in [-0.05, 0) is 30.5 Å². The topological polar surface area (TPSA) is 248 Å². The van der Waals surface area contributed by atoms with E-state index in [9.17, 15) is 49.2 Å². The summed E-state index contributed by atoms with van der Waals surface area (Å²) in [6, 6.07) is 11.3. The molecule has 3 aromatic carbocycles. The van der Waals surface area contributed by atoms with Gasteiger partial charge in [0.1, 0.15) is 42.2 Å². The summed E-state index contributed by atoms with van der Waals surface area (Å²) >= 11 is 0. The Hall–Kier alpha value is -6.06. The molecular weight excluding hydrogens is 851 g/mol. The number of ketones is 3. The standard InChI is InChI=1S/C46H47N3O16/c1-22-42-27(47-15-16-49(43(61-3)44(47)65-42)45(58)62-21-24-9-7-23(8-10-24)13-14-48-31(52)11-12-32(48)53)17-33(63-22)64-29-19-46(59,30(51)20-50)18-26-35(29)41(57)37-36(39(26)55)38(54)25-5-4-6-28(60-2)34(25)40(37)56/h4-12,22,27,29,33,42-44,50,55,57,59H,13-21H2,1-3H3/t22-,27-,29-,33-,42+,43+,44+,46-/m0/s1. The predicted molar refractivity (Wildman–Crippen MR) is 221 cm³/mol. The second-order valence-corrected chi connectivity index (χ2v) is 16.9. The average molecular weight is 898 g/mol. The Bertz CT molecular complexity index is 2510. The Balaban J connectivity index is 0.907. The van der Waals surface area contributed by atoms with Crippen LogP contribution in [0.2, 0.25) is 0 Å². The maximum absolute atomic E-state index is 14.1. The number of piperazine rings is 1. The van der Waals surface area contributed by atoms with Gasteiger partial charge >= 0.3 is 6.09 Å². The minimum Gasteiger partial charge on any atom is -0.507 e. The highest BCUT2D eigenvalue weighted by Crippen LogP contribution is 2.53. The molecule has 4 aliphatic heterocycles. The van der Waals surface area contributed by atoms with Gasteiger partial charge in [0.05, 0.1) is 36.0 Å². The van der Waals surface area contributed by atoms with Crippen LogP contribution in [0.3, 0.4) is 0 Å². The minimum atomic E-state index is -2.31. The van der Waals surface area contributed by atoms with Crippen molar-refractivity contribution in [1.29, 1.82) is 0 Å². The molecule has 0 bridgehead atoms. The maximum atomic E-state index is 14.1. The van der Waals surface area contributed by atoms with Crippen molar-refractivity contribution in [2.75, 3.05) is 40.5 Å². The molecule has 8 atom stereocenters. The highest BCUT2D eigenvalue weighted by Gasteiger charge is 2.57. The number of carbonyl (C=O) groups excluding carboxylic acids is 6. The number of phenols is 2. The number of phenolic OH excluding ortho intramolecular Hbond substituents is 2. The number of aliphatic hydroxyl groups excluding tert-OH is 1. The Labute approximate surface area is 371 Å². The van der Waals surface area contributed by atoms with E-state index in [4.69, 9.17) is 28.4 Å². The Morgan fingerprint density at radius 1 is 0.892 bits per heavy atom. The summed E-state index contributed by atoms with van der Waals surface area (Å²) in [7, 11) is 2.78. The first-order valence-electron chi connectivity index (χ1n) is 21.2. The molecule has 65 heavy (non-hydrogen) atoms. The molecule has 3 fully saturated rings. The van der Waals surface area contributed by atoms with E-state index in [-0.39, 0.29) is 72.0 Å². The number of ether oxygens (including phenoxy) is 6. The van der Waals surface area contributed by atoms with Gasteiger partial charge in [0.25, 0.3) is 11.8 Å². The van der Waals surface area contributed by atoms with Gasteiger partial charge in [-0.15, -0.1) is 0 Å². The van der Waals surface area contributed by atoms with Crippen LogP contribution in [0.15, 0.2) is 54.6 Å². The van der Waals surface area contributed by atoms with Gasteiger partial charge in [-0.3, -0.25) is 38.7 Å². The van der Waals surface area contributed by atoms with E-state index >= 15 is 0 Å². The monoisotopic (exact) mass is 897 g/mol. The van der Waals surface area contributed by atoms with Crippen LogP contribution >= 0.6 is 0 Å². The summed E-state index contributed by atoms with van der Waals surface area (Å²) < 4.78 is 36.2. The van der Waals surface area contributed by atoms with Crippen LogP contribution in [0.1, 0.15) is 80.0 Å². The van der Waals surface area contributed by atoms with Gasteiger partial charge in [0, 0.05) is 80.9 Å². The van der Waals surface area contributed by atoms with Gasteiger partial charge in [0.2, 0.25) is 5.78 Å². The summed E-state index contributed by atoms with van der Waals surface area (Å²) in [4.78, 5) is 83.0. The average Bonchev–Trinajstić information content (AvgIpc) is 3.84. The number of carbonyl (C=O) groups is 6. The van der Waals surface area contributed by atoms with Crippen molar-refractivity contribution in [2.24, 2.45) is 0 Å². The van der Waals surface area contributed by atoms with Crippen LogP contribution in [0.4, 0.5) is 4.79 Å². The number of aliphatic hydroxyl groups is 2. The van der Waals surface area contributed by atoms with Gasteiger partial charge in [-0.25, -0.2) is 4.79 Å². The van der Waals surface area contributed by atoms with E-state index in [1.54, 1.807) is 19.1 Å². The molecule has 0 saturated carbocycles. The number of hydrogen-bond donors (Lipinski definition) is 4. The normalized spacial score (nSPS) is 28.1. The molecule has 19 nitrogen and oxygen atoms in total. The van der Waals surface area contributed by atoms with Crippen molar-refractivity contribution in [3.63, 3.8) is 0 Å². The quantitative estimate of drug-likeness (QED) is 0.124. The molecule has 3 aromatic rings. The van der Waals surface area contributed by atoms with Crippen LogP contribution in [0, 0.1) is 0 Å². The zero-order valence-corrected chi connectivity index (χ0v) is 35.6. The SMILES string of the molecule is COc1cccc2c1C(=O)c1c(O)c3c(c(O)c1C2=O)C[C@@](O)(C(=O)CO)C[C@@H]3O[C@H]1C[C@H]2[C@H](O[C@@H]3[C@@H](OC)N(C(=O)OCc4ccc(CCN5C(=O)C=CC5=O)cc4)CCN32)[C@H](C)O1. The second-order valence-electron chi connectivity index (χ2n) is 16.9. The molecule has 3 amide bonds. The fourth-order valence-corrected chi connectivity index (χ4v) is 10.0. The highest BCUT2D eigenvalue weighted by atomic mass is 16.7. The lowest BCUT2D eigenvalue weighted by Crippen LogP contribution is -2.62. The van der Waals surface area contributed by atoms with E-state index < -0.39 is 108 Å². The summed E-state index contributed by atoms with van der Waals surface area (Å²) in [6.45, 7) is 1.47. The van der Waals surface area contributed by atoms with Crippen LogP contribution in [-0.2, 0) is 57.5 Å². The number of nitrogens with zero attached hydrogens (tertiary/aromatic N) is 3. The van der Waals surface area contributed by atoms with Crippen LogP contribution in [0.25, 0.3) is 0 Å². The second kappa shape index (κ2) is 17.1. The number of amides is 3. The number of fused-ring (bicyclic) bond motifs is 6. The van der Waals surface area contributed by atoms with Gasteiger partial charge in [0.15, 0.2) is 30.3 Å². The lowest BCUT2D eigenvalue weighted by molar-refractivity contribution is -0.248. The van der Waals surface area contributed by atoms with Crippen molar-refractivity contribution in [2.45, 2.75) is 87.9 Å². The minimum absolute atomic E-state index is 0.0329. The van der Waals surface area contributed by atoms with Crippen molar-refractivity contribution in [3.05, 3.63) is 99.1 Å². The first-order chi connectivity index (χ1) is 31.2. The Morgan fingerprint density at radius 2 is 1.60 bits per heavy atom. The lowest BCUT2D eigenvalue weighted by atomic mass is 9.72. The summed E-state index contributed by atoms with van der Waals surface area (Å²) in [5, 5.41) is 45.3. The molecular formula is C46H47N3O16. The number of aromatic hydroxyl groups is 2. The van der Waals surface area contributed by atoms with Crippen molar-refractivity contribution >= 4 is 35.3 Å². The number of rotatable bonds is 11. The first-order valence-corrected chi connectivity index (χ1v) is 21.2. The maximum Gasteiger partial charge on any atom is 0.412 e. The summed E-state index contributed by atoms with van der Waals surface area (Å²) in [5.74, 6) is -4.57. The van der Waals surface area contributed by atoms with Gasteiger partial charge < -0.3 is 48.8 Å². The number of imide groups is 1. The Morgan fingerprint density at radius 3 is 2.29 bits per heavy atom. The molecule has 342 valence electrons. The van der Waals surface area contributed by atoms with Crippen LogP contribution in [-0.4, -0.2) is 153 Å². The zero-order chi connectivity index (χ0) is 46.1. The summed E-state index contributed by atoms with van der Waals surface area (Å²) in [6.07, 6.45) is -3.90. The predicted octanol–water partition coefficient (Wildman–Crippen LogP) is 1.80. The first kappa shape index (κ1) is 44.2. The molecule has 0 unspecified atom stereocenters.